The molecular weight excluding hydrogens is 234 g/mol. The van der Waals surface area contributed by atoms with Crippen LogP contribution in [0.2, 0.25) is 0 Å². The van der Waals surface area contributed by atoms with Crippen LogP contribution in [0.25, 0.3) is 0 Å². The van der Waals surface area contributed by atoms with Crippen molar-refractivity contribution < 1.29 is 19.4 Å². The van der Waals surface area contributed by atoms with Crippen molar-refractivity contribution in [2.75, 3.05) is 6.61 Å². The van der Waals surface area contributed by atoms with E-state index in [-0.39, 0.29) is 36.1 Å². The molecule has 1 amide bonds. The van der Waals surface area contributed by atoms with Gasteiger partial charge in [-0.1, -0.05) is 0 Å². The maximum Gasteiger partial charge on any atom is 0.308 e. The molecule has 3 atom stereocenters. The lowest BCUT2D eigenvalue weighted by atomic mass is 9.89. The van der Waals surface area contributed by atoms with E-state index in [1.165, 1.54) is 0 Å². The first-order valence-corrected chi connectivity index (χ1v) is 6.47. The highest BCUT2D eigenvalue weighted by Crippen LogP contribution is 2.41. The summed E-state index contributed by atoms with van der Waals surface area (Å²) in [7, 11) is 0. The topological polar surface area (TPSA) is 66.8 Å². The number of carbonyl (C=O) groups is 2. The molecule has 2 aliphatic heterocycles. The molecule has 5 nitrogen and oxygen atoms in total. The zero-order valence-electron chi connectivity index (χ0n) is 11.2. The Morgan fingerprint density at radius 3 is 2.50 bits per heavy atom. The van der Waals surface area contributed by atoms with Crippen LogP contribution in [-0.2, 0) is 14.3 Å². The molecule has 2 fully saturated rings. The lowest BCUT2D eigenvalue weighted by molar-refractivity contribution is -0.145. The van der Waals surface area contributed by atoms with Gasteiger partial charge in [0, 0.05) is 12.1 Å². The molecule has 0 aromatic rings. The molecule has 2 rings (SSSR count). The summed E-state index contributed by atoms with van der Waals surface area (Å²) in [6.45, 7) is 5.75. The molecule has 5 heteroatoms. The van der Waals surface area contributed by atoms with Crippen molar-refractivity contribution in [1.29, 1.82) is 0 Å². The van der Waals surface area contributed by atoms with Crippen molar-refractivity contribution in [3.8, 4) is 0 Å². The molecular formula is C13H21NO4. The van der Waals surface area contributed by atoms with Gasteiger partial charge in [-0.2, -0.15) is 0 Å². The molecule has 2 heterocycles. The van der Waals surface area contributed by atoms with Crippen molar-refractivity contribution in [1.82, 2.24) is 4.90 Å². The Morgan fingerprint density at radius 2 is 2.00 bits per heavy atom. The number of hydrogen-bond donors (Lipinski definition) is 1. The maximum absolute atomic E-state index is 12.1. The number of carboxylic acid groups (broad SMARTS) is 1. The Bertz CT molecular complexity index is 360. The normalized spacial score (nSPS) is 30.8. The highest BCUT2D eigenvalue weighted by Gasteiger charge is 2.51. The molecule has 3 unspecified atom stereocenters. The standard InChI is InChI=1S/C13H21NO4/c1-13(2,3)18-7-11(15)14-8-4-5-10(14)9(6-8)12(16)17/h8-10H,4-7H2,1-3H3,(H,16,17). The third-order valence-electron chi connectivity index (χ3n) is 3.77. The van der Waals surface area contributed by atoms with Crippen molar-refractivity contribution in [3.63, 3.8) is 0 Å². The lowest BCUT2D eigenvalue weighted by Crippen LogP contribution is -2.41. The van der Waals surface area contributed by atoms with Gasteiger partial charge in [-0.15, -0.1) is 0 Å². The summed E-state index contributed by atoms with van der Waals surface area (Å²) >= 11 is 0. The van der Waals surface area contributed by atoms with Crippen LogP contribution in [0.5, 0.6) is 0 Å². The van der Waals surface area contributed by atoms with Gasteiger partial charge >= 0.3 is 5.97 Å². The van der Waals surface area contributed by atoms with Crippen molar-refractivity contribution in [2.45, 2.75) is 57.7 Å². The summed E-state index contributed by atoms with van der Waals surface area (Å²) in [4.78, 5) is 25.0. The molecule has 18 heavy (non-hydrogen) atoms. The summed E-state index contributed by atoms with van der Waals surface area (Å²) in [5, 5.41) is 9.12. The molecule has 0 saturated carbocycles. The molecule has 0 aliphatic carbocycles. The van der Waals surface area contributed by atoms with Crippen LogP contribution in [0.4, 0.5) is 0 Å². The number of carboxylic acids is 1. The van der Waals surface area contributed by atoms with Gasteiger partial charge in [0.15, 0.2) is 0 Å². The second-order valence-corrected chi connectivity index (χ2v) is 6.18. The highest BCUT2D eigenvalue weighted by molar-refractivity contribution is 5.81. The number of nitrogens with zero attached hydrogens (tertiary/aromatic N) is 1. The zero-order chi connectivity index (χ0) is 13.5. The Balaban J connectivity index is 1.98. The smallest absolute Gasteiger partial charge is 0.308 e. The fraction of sp³-hybridized carbons (Fsp3) is 0.846. The number of aliphatic carboxylic acids is 1. The number of rotatable bonds is 3. The van der Waals surface area contributed by atoms with E-state index >= 15 is 0 Å². The predicted molar refractivity (Wildman–Crippen MR) is 65.1 cm³/mol. The van der Waals surface area contributed by atoms with Gasteiger partial charge in [-0.3, -0.25) is 9.59 Å². The van der Waals surface area contributed by atoms with E-state index in [0.29, 0.717) is 6.42 Å². The second kappa shape index (κ2) is 4.53. The SMILES string of the molecule is CC(C)(C)OCC(=O)N1C2CCC1C(C(=O)O)C2. The van der Waals surface area contributed by atoms with Gasteiger partial charge in [0.1, 0.15) is 6.61 Å². The minimum Gasteiger partial charge on any atom is -0.481 e. The summed E-state index contributed by atoms with van der Waals surface area (Å²) in [5.41, 5.74) is -0.347. The summed E-state index contributed by atoms with van der Waals surface area (Å²) in [6.07, 6.45) is 2.33. The predicted octanol–water partition coefficient (Wildman–Crippen LogP) is 1.27. The molecule has 102 valence electrons. The van der Waals surface area contributed by atoms with Gasteiger partial charge in [-0.05, 0) is 40.0 Å². The monoisotopic (exact) mass is 255 g/mol. The Kier molecular flexibility index (Phi) is 3.36. The fourth-order valence-corrected chi connectivity index (χ4v) is 3.00. The van der Waals surface area contributed by atoms with Gasteiger partial charge in [0.25, 0.3) is 0 Å². The van der Waals surface area contributed by atoms with Crippen LogP contribution in [0.3, 0.4) is 0 Å². The van der Waals surface area contributed by atoms with Crippen LogP contribution in [-0.4, -0.2) is 46.2 Å². The van der Waals surface area contributed by atoms with Gasteiger partial charge in [-0.25, -0.2) is 0 Å². The number of ether oxygens (including phenoxy) is 1. The third kappa shape index (κ3) is 2.51. The molecule has 0 aromatic carbocycles. The summed E-state index contributed by atoms with van der Waals surface area (Å²) in [6, 6.07) is -0.0178. The average Bonchev–Trinajstić information content (AvgIpc) is 2.81. The van der Waals surface area contributed by atoms with Gasteiger partial charge in [0.2, 0.25) is 5.91 Å². The molecule has 0 aromatic heterocycles. The van der Waals surface area contributed by atoms with E-state index in [1.807, 2.05) is 20.8 Å². The quantitative estimate of drug-likeness (QED) is 0.824. The number of hydrogen-bond acceptors (Lipinski definition) is 3. The molecule has 1 N–H and O–H groups in total. The Labute approximate surface area is 107 Å². The van der Waals surface area contributed by atoms with E-state index in [0.717, 1.165) is 12.8 Å². The second-order valence-electron chi connectivity index (χ2n) is 6.18. The molecule has 2 aliphatic rings. The van der Waals surface area contributed by atoms with Crippen LogP contribution < -0.4 is 0 Å². The van der Waals surface area contributed by atoms with Crippen LogP contribution in [0.1, 0.15) is 40.0 Å². The van der Waals surface area contributed by atoms with Crippen molar-refractivity contribution >= 4 is 11.9 Å². The summed E-state index contributed by atoms with van der Waals surface area (Å²) in [5.74, 6) is -1.24. The molecule has 2 saturated heterocycles. The number of amides is 1. The third-order valence-corrected chi connectivity index (χ3v) is 3.77. The lowest BCUT2D eigenvalue weighted by Gasteiger charge is -2.26. The molecule has 0 radical (unpaired) electrons. The highest BCUT2D eigenvalue weighted by atomic mass is 16.5. The van der Waals surface area contributed by atoms with Crippen LogP contribution in [0, 0.1) is 5.92 Å². The maximum atomic E-state index is 12.1. The van der Waals surface area contributed by atoms with Crippen LogP contribution in [0.15, 0.2) is 0 Å². The van der Waals surface area contributed by atoms with E-state index < -0.39 is 5.97 Å². The minimum absolute atomic E-state index is 0.0445. The minimum atomic E-state index is -0.781. The van der Waals surface area contributed by atoms with E-state index in [2.05, 4.69) is 0 Å². The number of carbonyl (C=O) groups excluding carboxylic acids is 1. The van der Waals surface area contributed by atoms with Crippen molar-refractivity contribution in [3.05, 3.63) is 0 Å². The Morgan fingerprint density at radius 1 is 1.33 bits per heavy atom. The van der Waals surface area contributed by atoms with E-state index in [4.69, 9.17) is 9.84 Å². The van der Waals surface area contributed by atoms with E-state index in [9.17, 15) is 9.59 Å². The fourth-order valence-electron chi connectivity index (χ4n) is 3.00. The van der Waals surface area contributed by atoms with Crippen molar-refractivity contribution in [2.24, 2.45) is 5.92 Å². The van der Waals surface area contributed by atoms with Gasteiger partial charge in [0.05, 0.1) is 11.5 Å². The van der Waals surface area contributed by atoms with E-state index in [1.54, 1.807) is 4.90 Å². The first-order valence-electron chi connectivity index (χ1n) is 6.47. The first kappa shape index (κ1) is 13.3. The summed E-state index contributed by atoms with van der Waals surface area (Å²) < 4.78 is 5.49. The molecule has 0 spiro atoms. The van der Waals surface area contributed by atoms with Crippen LogP contribution >= 0.6 is 0 Å². The van der Waals surface area contributed by atoms with Gasteiger partial charge < -0.3 is 14.7 Å². The Hall–Kier alpha value is -1.10. The zero-order valence-corrected chi connectivity index (χ0v) is 11.2. The first-order chi connectivity index (χ1) is 8.29. The molecule has 2 bridgehead atoms. The number of fused-ring (bicyclic) bond motifs is 2. The average molecular weight is 255 g/mol. The largest absolute Gasteiger partial charge is 0.481 e.